The minimum Gasteiger partial charge on any atom is -0.494 e. The molecule has 0 saturated heterocycles. The van der Waals surface area contributed by atoms with Crippen molar-refractivity contribution < 1.29 is 32.2 Å². The first-order valence-corrected chi connectivity index (χ1v) is 11.7. The van der Waals surface area contributed by atoms with E-state index in [9.17, 15) is 18.0 Å². The summed E-state index contributed by atoms with van der Waals surface area (Å²) in [5, 5.41) is 0. The number of nitrogens with zero attached hydrogens (tertiary/aromatic N) is 1. The summed E-state index contributed by atoms with van der Waals surface area (Å²) in [6, 6.07) is 18.8. The van der Waals surface area contributed by atoms with Crippen LogP contribution in [0.5, 0.6) is 17.2 Å². The van der Waals surface area contributed by atoms with Crippen molar-refractivity contribution in [2.45, 2.75) is 51.1 Å². The first kappa shape index (κ1) is 24.0. The molecule has 0 radical (unpaired) electrons. The van der Waals surface area contributed by atoms with E-state index in [1.54, 1.807) is 4.90 Å². The highest BCUT2D eigenvalue weighted by Crippen LogP contribution is 2.56. The average molecular weight is 498 g/mol. The maximum absolute atomic E-state index is 14.3. The molecule has 5 rings (SSSR count). The van der Waals surface area contributed by atoms with Crippen LogP contribution in [0.3, 0.4) is 0 Å². The molecule has 188 valence electrons. The predicted octanol–water partition coefficient (Wildman–Crippen LogP) is 6.38. The number of amides is 1. The van der Waals surface area contributed by atoms with Gasteiger partial charge in [-0.05, 0) is 56.2 Å². The van der Waals surface area contributed by atoms with E-state index in [0.717, 1.165) is 16.8 Å². The maximum atomic E-state index is 14.3. The van der Waals surface area contributed by atoms with Crippen molar-refractivity contribution in [3.63, 3.8) is 0 Å². The molecule has 0 unspecified atom stereocenters. The smallest absolute Gasteiger partial charge is 0.494 e. The van der Waals surface area contributed by atoms with E-state index in [1.807, 2.05) is 63.2 Å². The minimum absolute atomic E-state index is 0.0962. The standard InChI is InChI=1S/C28H26F3NO4/c1-4-34-20-13-14-22-24(15-20)36-26(2,3)17-27(22)21-7-5-6-8-23(21)32(25(27)33)16-18-9-11-19(12-10-18)35-28(29,30)31/h5-15H,4,16-17H2,1-3H3/t27-/m1/s1. The van der Waals surface area contributed by atoms with Gasteiger partial charge in [0.1, 0.15) is 28.3 Å². The highest BCUT2D eigenvalue weighted by Gasteiger charge is 2.58. The fraction of sp³-hybridized carbons (Fsp3) is 0.321. The molecule has 2 aliphatic rings. The van der Waals surface area contributed by atoms with Crippen molar-refractivity contribution in [2.24, 2.45) is 0 Å². The minimum atomic E-state index is -4.76. The van der Waals surface area contributed by atoms with Gasteiger partial charge >= 0.3 is 6.36 Å². The second-order valence-electron chi connectivity index (χ2n) is 9.64. The van der Waals surface area contributed by atoms with Crippen LogP contribution in [-0.2, 0) is 16.8 Å². The van der Waals surface area contributed by atoms with E-state index in [-0.39, 0.29) is 18.2 Å². The molecule has 36 heavy (non-hydrogen) atoms. The van der Waals surface area contributed by atoms with Crippen molar-refractivity contribution in [3.8, 4) is 17.2 Å². The largest absolute Gasteiger partial charge is 0.573 e. The Bertz CT molecular complexity index is 1300. The van der Waals surface area contributed by atoms with Crippen LogP contribution in [0, 0.1) is 0 Å². The van der Waals surface area contributed by atoms with Crippen LogP contribution in [-0.4, -0.2) is 24.5 Å². The van der Waals surface area contributed by atoms with E-state index >= 15 is 0 Å². The number of anilines is 1. The van der Waals surface area contributed by atoms with Crippen LogP contribution < -0.4 is 19.1 Å². The highest BCUT2D eigenvalue weighted by molar-refractivity contribution is 6.11. The lowest BCUT2D eigenvalue weighted by molar-refractivity contribution is -0.274. The summed E-state index contributed by atoms with van der Waals surface area (Å²) < 4.78 is 53.6. The summed E-state index contributed by atoms with van der Waals surface area (Å²) in [4.78, 5) is 16.0. The SMILES string of the molecule is CCOc1ccc2c(c1)OC(C)(C)C[C@]21C(=O)N(Cc2ccc(OC(F)(F)F)cc2)c2ccccc21. The molecule has 0 saturated carbocycles. The van der Waals surface area contributed by atoms with E-state index in [0.29, 0.717) is 30.1 Å². The van der Waals surface area contributed by atoms with Gasteiger partial charge in [0.05, 0.1) is 13.2 Å². The van der Waals surface area contributed by atoms with Crippen molar-refractivity contribution in [3.05, 3.63) is 83.4 Å². The molecular weight excluding hydrogens is 471 g/mol. The van der Waals surface area contributed by atoms with Gasteiger partial charge in [0.25, 0.3) is 0 Å². The molecule has 0 aromatic heterocycles. The maximum Gasteiger partial charge on any atom is 0.573 e. The zero-order valence-corrected chi connectivity index (χ0v) is 20.2. The van der Waals surface area contributed by atoms with Gasteiger partial charge in [0, 0.05) is 23.7 Å². The number of para-hydroxylation sites is 1. The Morgan fingerprint density at radius 3 is 2.36 bits per heavy atom. The van der Waals surface area contributed by atoms with Crippen molar-refractivity contribution in [1.29, 1.82) is 0 Å². The lowest BCUT2D eigenvalue weighted by Crippen LogP contribution is -2.50. The Kier molecular flexibility index (Phi) is 5.65. The lowest BCUT2D eigenvalue weighted by Gasteiger charge is -2.43. The summed E-state index contributed by atoms with van der Waals surface area (Å²) >= 11 is 0. The number of alkyl halides is 3. The fourth-order valence-corrected chi connectivity index (χ4v) is 5.36. The summed E-state index contributed by atoms with van der Waals surface area (Å²) in [6.45, 7) is 6.54. The summed E-state index contributed by atoms with van der Waals surface area (Å²) in [6.07, 6.45) is -4.32. The predicted molar refractivity (Wildman–Crippen MR) is 128 cm³/mol. The fourth-order valence-electron chi connectivity index (χ4n) is 5.36. The van der Waals surface area contributed by atoms with E-state index in [4.69, 9.17) is 9.47 Å². The van der Waals surface area contributed by atoms with Crippen LogP contribution >= 0.6 is 0 Å². The third-order valence-electron chi connectivity index (χ3n) is 6.56. The van der Waals surface area contributed by atoms with Crippen LogP contribution in [0.25, 0.3) is 0 Å². The molecule has 0 aliphatic carbocycles. The Hall–Kier alpha value is -3.68. The van der Waals surface area contributed by atoms with Gasteiger partial charge in [0.2, 0.25) is 5.91 Å². The number of fused-ring (bicyclic) bond motifs is 4. The van der Waals surface area contributed by atoms with Gasteiger partial charge in [0.15, 0.2) is 0 Å². The first-order valence-electron chi connectivity index (χ1n) is 11.7. The summed E-state index contributed by atoms with van der Waals surface area (Å²) in [7, 11) is 0. The monoisotopic (exact) mass is 497 g/mol. The molecule has 8 heteroatoms. The first-order chi connectivity index (χ1) is 17.0. The highest BCUT2D eigenvalue weighted by atomic mass is 19.4. The normalized spacial score (nSPS) is 20.1. The third-order valence-corrected chi connectivity index (χ3v) is 6.56. The van der Waals surface area contributed by atoms with Gasteiger partial charge in [-0.15, -0.1) is 13.2 Å². The molecule has 5 nitrogen and oxygen atoms in total. The molecule has 0 fully saturated rings. The zero-order chi connectivity index (χ0) is 25.7. The molecule has 3 aromatic rings. The zero-order valence-electron chi connectivity index (χ0n) is 20.2. The molecule has 2 heterocycles. The molecule has 0 bridgehead atoms. The van der Waals surface area contributed by atoms with Gasteiger partial charge in [-0.1, -0.05) is 36.4 Å². The number of benzene rings is 3. The van der Waals surface area contributed by atoms with E-state index < -0.39 is 17.4 Å². The Balaban J connectivity index is 1.56. The average Bonchev–Trinajstić information content (AvgIpc) is 3.02. The molecule has 1 atom stereocenters. The van der Waals surface area contributed by atoms with Gasteiger partial charge < -0.3 is 19.1 Å². The second-order valence-corrected chi connectivity index (χ2v) is 9.64. The molecule has 1 amide bonds. The number of hydrogen-bond acceptors (Lipinski definition) is 4. The molecule has 3 aromatic carbocycles. The number of carbonyl (C=O) groups excluding carboxylic acids is 1. The number of hydrogen-bond donors (Lipinski definition) is 0. The molecule has 1 spiro atoms. The van der Waals surface area contributed by atoms with E-state index in [2.05, 4.69) is 4.74 Å². The summed E-state index contributed by atoms with van der Waals surface area (Å²) in [5.41, 5.74) is 1.52. The lowest BCUT2D eigenvalue weighted by atomic mass is 9.67. The third kappa shape index (κ3) is 4.14. The van der Waals surface area contributed by atoms with Gasteiger partial charge in [-0.25, -0.2) is 0 Å². The van der Waals surface area contributed by atoms with Crippen molar-refractivity contribution in [1.82, 2.24) is 0 Å². The van der Waals surface area contributed by atoms with Crippen LogP contribution in [0.4, 0.5) is 18.9 Å². The number of halogens is 3. The van der Waals surface area contributed by atoms with E-state index in [1.165, 1.54) is 24.3 Å². The van der Waals surface area contributed by atoms with Gasteiger partial charge in [-0.2, -0.15) is 0 Å². The number of rotatable bonds is 5. The topological polar surface area (TPSA) is 48.0 Å². The molecule has 2 aliphatic heterocycles. The van der Waals surface area contributed by atoms with Gasteiger partial charge in [-0.3, -0.25) is 4.79 Å². The summed E-state index contributed by atoms with van der Waals surface area (Å²) in [5.74, 6) is 0.874. The number of carbonyl (C=O) groups is 1. The van der Waals surface area contributed by atoms with Crippen LogP contribution in [0.2, 0.25) is 0 Å². The quantitative estimate of drug-likeness (QED) is 0.411. The Labute approximate surface area is 207 Å². The van der Waals surface area contributed by atoms with Crippen molar-refractivity contribution in [2.75, 3.05) is 11.5 Å². The number of ether oxygens (including phenoxy) is 3. The Morgan fingerprint density at radius 2 is 1.67 bits per heavy atom. The van der Waals surface area contributed by atoms with Crippen molar-refractivity contribution >= 4 is 11.6 Å². The molecule has 0 N–H and O–H groups in total. The van der Waals surface area contributed by atoms with Crippen LogP contribution in [0.1, 0.15) is 43.9 Å². The Morgan fingerprint density at radius 1 is 0.972 bits per heavy atom. The second kappa shape index (κ2) is 8.47. The molecular formula is C28H26F3NO4. The van der Waals surface area contributed by atoms with Crippen LogP contribution in [0.15, 0.2) is 66.7 Å².